The third-order valence-corrected chi connectivity index (χ3v) is 3.56. The number of aromatic nitrogens is 4. The molecule has 0 radical (unpaired) electrons. The quantitative estimate of drug-likeness (QED) is 0.798. The van der Waals surface area contributed by atoms with E-state index in [1.54, 1.807) is 17.1 Å². The lowest BCUT2D eigenvalue weighted by Gasteiger charge is -2.01. The van der Waals surface area contributed by atoms with Gasteiger partial charge in [-0.2, -0.15) is 5.10 Å². The van der Waals surface area contributed by atoms with Crippen LogP contribution in [0.2, 0.25) is 0 Å². The van der Waals surface area contributed by atoms with Crippen molar-refractivity contribution >= 4 is 32.6 Å². The zero-order valence-electron chi connectivity index (χ0n) is 10.3. The van der Waals surface area contributed by atoms with Crippen LogP contribution in [-0.2, 0) is 11.3 Å². The Bertz CT molecular complexity index is 739. The van der Waals surface area contributed by atoms with Crippen LogP contribution in [-0.4, -0.2) is 25.7 Å². The maximum atomic E-state index is 13.1. The lowest BCUT2D eigenvalue weighted by atomic mass is 10.3. The van der Waals surface area contributed by atoms with Crippen LogP contribution in [0, 0.1) is 5.82 Å². The van der Waals surface area contributed by atoms with E-state index in [1.165, 1.54) is 29.8 Å². The molecule has 0 fully saturated rings. The maximum Gasteiger partial charge on any atom is 0.228 e. The number of hydrogen-bond acceptors (Lipinski definition) is 5. The summed E-state index contributed by atoms with van der Waals surface area (Å²) in [6.07, 6.45) is 3.24. The first kappa shape index (κ1) is 12.7. The van der Waals surface area contributed by atoms with Gasteiger partial charge in [-0.25, -0.2) is 14.4 Å². The number of anilines is 1. The number of carbonyl (C=O) groups is 1. The number of carbonyl (C=O) groups excluding carboxylic acids is 1. The topological polar surface area (TPSA) is 72.7 Å². The molecule has 2 aromatic heterocycles. The van der Waals surface area contributed by atoms with E-state index in [4.69, 9.17) is 0 Å². The maximum absolute atomic E-state index is 13.1. The molecule has 0 unspecified atom stereocenters. The Hall–Kier alpha value is -2.35. The Morgan fingerprint density at radius 2 is 2.35 bits per heavy atom. The fraction of sp³-hybridized carbons (Fsp3) is 0.167. The number of nitrogens with one attached hydrogen (secondary N) is 1. The van der Waals surface area contributed by atoms with Crippen LogP contribution in [0.15, 0.2) is 30.9 Å². The molecular formula is C12H10FN5OS. The third-order valence-electron chi connectivity index (χ3n) is 2.63. The standard InChI is InChI=1S/C12H10FN5OS/c13-8-1-2-9-10(5-8)20-12(16-9)17-11(19)3-4-18-7-14-6-15-18/h1-2,5-7H,3-4H2,(H,16,17,19). The molecule has 102 valence electrons. The highest BCUT2D eigenvalue weighted by Crippen LogP contribution is 2.26. The Kier molecular flexibility index (Phi) is 3.38. The molecule has 2 heterocycles. The van der Waals surface area contributed by atoms with Crippen LogP contribution in [0.25, 0.3) is 10.2 Å². The molecule has 0 saturated heterocycles. The van der Waals surface area contributed by atoms with Crippen LogP contribution in [0.1, 0.15) is 6.42 Å². The molecule has 1 N–H and O–H groups in total. The average molecular weight is 291 g/mol. The van der Waals surface area contributed by atoms with E-state index in [9.17, 15) is 9.18 Å². The molecular weight excluding hydrogens is 281 g/mol. The summed E-state index contributed by atoms with van der Waals surface area (Å²) >= 11 is 1.25. The van der Waals surface area contributed by atoms with E-state index in [0.29, 0.717) is 21.9 Å². The summed E-state index contributed by atoms with van der Waals surface area (Å²) in [5, 5.41) is 7.08. The molecule has 1 amide bonds. The van der Waals surface area contributed by atoms with Gasteiger partial charge in [0.1, 0.15) is 18.5 Å². The van der Waals surface area contributed by atoms with Crippen molar-refractivity contribution in [1.29, 1.82) is 0 Å². The molecule has 0 aliphatic carbocycles. The Morgan fingerprint density at radius 3 is 3.15 bits per heavy atom. The van der Waals surface area contributed by atoms with Gasteiger partial charge in [-0.3, -0.25) is 9.48 Å². The number of fused-ring (bicyclic) bond motifs is 1. The van der Waals surface area contributed by atoms with Gasteiger partial charge in [0.2, 0.25) is 5.91 Å². The number of rotatable bonds is 4. The number of hydrogen-bond donors (Lipinski definition) is 1. The SMILES string of the molecule is O=C(CCn1cncn1)Nc1nc2ccc(F)cc2s1. The number of aryl methyl sites for hydroxylation is 1. The van der Waals surface area contributed by atoms with Crippen LogP contribution in [0.4, 0.5) is 9.52 Å². The third kappa shape index (κ3) is 2.80. The van der Waals surface area contributed by atoms with Gasteiger partial charge in [0.05, 0.1) is 16.8 Å². The minimum atomic E-state index is -0.315. The Balaban J connectivity index is 1.65. The first-order valence-corrected chi connectivity index (χ1v) is 6.71. The molecule has 3 aromatic rings. The zero-order valence-corrected chi connectivity index (χ0v) is 11.1. The highest BCUT2D eigenvalue weighted by molar-refractivity contribution is 7.22. The lowest BCUT2D eigenvalue weighted by molar-refractivity contribution is -0.116. The van der Waals surface area contributed by atoms with Crippen molar-refractivity contribution in [2.45, 2.75) is 13.0 Å². The van der Waals surface area contributed by atoms with Crippen molar-refractivity contribution in [1.82, 2.24) is 19.7 Å². The number of benzene rings is 1. The molecule has 1 aromatic carbocycles. The summed E-state index contributed by atoms with van der Waals surface area (Å²) < 4.78 is 15.3. The van der Waals surface area contributed by atoms with E-state index in [1.807, 2.05) is 0 Å². The van der Waals surface area contributed by atoms with E-state index >= 15 is 0 Å². The number of nitrogens with zero attached hydrogens (tertiary/aromatic N) is 4. The van der Waals surface area contributed by atoms with Crippen LogP contribution in [0.3, 0.4) is 0 Å². The summed E-state index contributed by atoms with van der Waals surface area (Å²) in [6, 6.07) is 4.34. The van der Waals surface area contributed by atoms with E-state index in [0.717, 1.165) is 0 Å². The molecule has 0 bridgehead atoms. The summed E-state index contributed by atoms with van der Waals surface area (Å²) in [5.41, 5.74) is 0.669. The van der Waals surface area contributed by atoms with E-state index in [-0.39, 0.29) is 18.1 Å². The molecule has 0 aliphatic rings. The van der Waals surface area contributed by atoms with Gasteiger partial charge in [0.15, 0.2) is 5.13 Å². The number of amides is 1. The van der Waals surface area contributed by atoms with Gasteiger partial charge < -0.3 is 5.32 Å². The first-order chi connectivity index (χ1) is 9.70. The second-order valence-corrected chi connectivity index (χ2v) is 5.12. The van der Waals surface area contributed by atoms with Crippen LogP contribution in [0.5, 0.6) is 0 Å². The van der Waals surface area contributed by atoms with Crippen molar-refractivity contribution in [3.8, 4) is 0 Å². The molecule has 0 saturated carbocycles. The molecule has 0 aliphatic heterocycles. The second kappa shape index (κ2) is 5.33. The smallest absolute Gasteiger partial charge is 0.228 e. The van der Waals surface area contributed by atoms with Gasteiger partial charge in [-0.15, -0.1) is 0 Å². The van der Waals surface area contributed by atoms with Crippen molar-refractivity contribution < 1.29 is 9.18 Å². The Morgan fingerprint density at radius 1 is 1.45 bits per heavy atom. The van der Waals surface area contributed by atoms with Gasteiger partial charge in [-0.05, 0) is 18.2 Å². The van der Waals surface area contributed by atoms with Gasteiger partial charge in [-0.1, -0.05) is 11.3 Å². The number of halogens is 1. The molecule has 20 heavy (non-hydrogen) atoms. The van der Waals surface area contributed by atoms with Crippen LogP contribution < -0.4 is 5.32 Å². The predicted molar refractivity (Wildman–Crippen MR) is 72.8 cm³/mol. The minimum absolute atomic E-state index is 0.167. The summed E-state index contributed by atoms with van der Waals surface area (Å²) in [7, 11) is 0. The van der Waals surface area contributed by atoms with E-state index < -0.39 is 0 Å². The number of thiazole rings is 1. The lowest BCUT2D eigenvalue weighted by Crippen LogP contribution is -2.14. The van der Waals surface area contributed by atoms with Crippen molar-refractivity contribution in [3.63, 3.8) is 0 Å². The normalized spacial score (nSPS) is 10.8. The summed E-state index contributed by atoms with van der Waals surface area (Å²) in [4.78, 5) is 19.8. The monoisotopic (exact) mass is 291 g/mol. The van der Waals surface area contributed by atoms with Gasteiger partial charge in [0.25, 0.3) is 0 Å². The summed E-state index contributed by atoms with van der Waals surface area (Å²) in [5.74, 6) is -0.481. The highest BCUT2D eigenvalue weighted by atomic mass is 32.1. The van der Waals surface area contributed by atoms with Gasteiger partial charge in [0, 0.05) is 6.42 Å². The molecule has 8 heteroatoms. The second-order valence-electron chi connectivity index (χ2n) is 4.09. The molecule has 6 nitrogen and oxygen atoms in total. The molecule has 0 spiro atoms. The largest absolute Gasteiger partial charge is 0.302 e. The van der Waals surface area contributed by atoms with Crippen LogP contribution >= 0.6 is 11.3 Å². The van der Waals surface area contributed by atoms with Crippen molar-refractivity contribution in [2.24, 2.45) is 0 Å². The first-order valence-electron chi connectivity index (χ1n) is 5.89. The van der Waals surface area contributed by atoms with Crippen molar-refractivity contribution in [3.05, 3.63) is 36.7 Å². The fourth-order valence-corrected chi connectivity index (χ4v) is 2.60. The van der Waals surface area contributed by atoms with Gasteiger partial charge >= 0.3 is 0 Å². The zero-order chi connectivity index (χ0) is 13.9. The molecule has 3 rings (SSSR count). The summed E-state index contributed by atoms with van der Waals surface area (Å²) in [6.45, 7) is 0.450. The average Bonchev–Trinajstić information content (AvgIpc) is 3.04. The predicted octanol–water partition coefficient (Wildman–Crippen LogP) is 2.06. The fourth-order valence-electron chi connectivity index (χ4n) is 1.70. The highest BCUT2D eigenvalue weighted by Gasteiger charge is 2.08. The minimum Gasteiger partial charge on any atom is -0.302 e. The Labute approximate surface area is 117 Å². The molecule has 0 atom stereocenters. The van der Waals surface area contributed by atoms with Crippen molar-refractivity contribution in [2.75, 3.05) is 5.32 Å². The van der Waals surface area contributed by atoms with E-state index in [2.05, 4.69) is 20.4 Å².